The third-order valence-electron chi connectivity index (χ3n) is 5.07. The van der Waals surface area contributed by atoms with Gasteiger partial charge in [0.2, 0.25) is 0 Å². The van der Waals surface area contributed by atoms with Crippen LogP contribution >= 0.6 is 11.6 Å². The minimum atomic E-state index is -0.643. The zero-order valence-electron chi connectivity index (χ0n) is 14.3. The van der Waals surface area contributed by atoms with Crippen LogP contribution in [0.4, 0.5) is 14.9 Å². The van der Waals surface area contributed by atoms with Crippen molar-refractivity contribution in [3.63, 3.8) is 0 Å². The second-order valence-electron chi connectivity index (χ2n) is 6.77. The molecule has 27 heavy (non-hydrogen) atoms. The van der Waals surface area contributed by atoms with E-state index in [1.54, 1.807) is 24.3 Å². The number of halogens is 2. The molecule has 0 saturated heterocycles. The van der Waals surface area contributed by atoms with Gasteiger partial charge >= 0.3 is 170 Å². The second kappa shape index (κ2) is 6.85. The van der Waals surface area contributed by atoms with Crippen molar-refractivity contribution in [2.45, 2.75) is 31.2 Å². The summed E-state index contributed by atoms with van der Waals surface area (Å²) >= 11 is 10.9. The molecule has 1 saturated carbocycles. The number of para-hydroxylation sites is 1. The molecule has 0 unspecified atom stereocenters. The van der Waals surface area contributed by atoms with E-state index >= 15 is 0 Å². The standard InChI is InChI=1S/C20H17ClFN2O2.Co/c1-12-6-5-7-14(22)18(12)26-15-9-8-13(21)17-16(15)20(24-19(25)23-17)10-3-2-4-11-20;/h5-9H,1,3-4,10-11H2,(H2,23,24,25);/q-1;. The van der Waals surface area contributed by atoms with Crippen molar-refractivity contribution in [1.82, 2.24) is 5.32 Å². The summed E-state index contributed by atoms with van der Waals surface area (Å²) < 4.78 is 21.4. The van der Waals surface area contributed by atoms with Crippen LogP contribution in [0.1, 0.15) is 36.8 Å². The van der Waals surface area contributed by atoms with Gasteiger partial charge in [-0.1, -0.05) is 0 Å². The molecule has 0 atom stereocenters. The topological polar surface area (TPSA) is 50.4 Å². The fourth-order valence-electron chi connectivity index (χ4n) is 3.75. The van der Waals surface area contributed by atoms with Gasteiger partial charge in [0.1, 0.15) is 0 Å². The van der Waals surface area contributed by atoms with Gasteiger partial charge in [-0.25, -0.2) is 0 Å². The quantitative estimate of drug-likeness (QED) is 0.653. The van der Waals surface area contributed by atoms with E-state index < -0.39 is 11.4 Å². The monoisotopic (exact) mass is 430 g/mol. The molecular weight excluding hydrogens is 414 g/mol. The maximum atomic E-state index is 14.3. The summed E-state index contributed by atoms with van der Waals surface area (Å²) in [6.07, 6.45) is 2.84. The molecule has 1 aliphatic heterocycles. The number of rotatable bonds is 2. The average Bonchev–Trinajstić information content (AvgIpc) is 2.63. The van der Waals surface area contributed by atoms with Gasteiger partial charge in [0.25, 0.3) is 0 Å². The summed E-state index contributed by atoms with van der Waals surface area (Å²) in [6.45, 7) is 3.84. The number of nitrogens with one attached hydrogen (secondary N) is 2. The zero-order valence-corrected chi connectivity index (χ0v) is 16.1. The third-order valence-corrected chi connectivity index (χ3v) is 5.91. The first-order valence-corrected chi connectivity index (χ1v) is 9.48. The Kier molecular flexibility index (Phi) is 4.66. The third kappa shape index (κ3) is 3.22. The molecule has 0 aromatic heterocycles. The van der Waals surface area contributed by atoms with Crippen LogP contribution in [0.5, 0.6) is 11.5 Å². The van der Waals surface area contributed by atoms with Gasteiger partial charge < -0.3 is 0 Å². The summed E-state index contributed by atoms with van der Waals surface area (Å²) in [5.74, 6) is 0.00670. The van der Waals surface area contributed by atoms with E-state index in [1.165, 1.54) is 6.07 Å². The molecule has 1 aliphatic carbocycles. The Hall–Kier alpha value is -2.02. The molecule has 1 heterocycles. The molecule has 2 aromatic rings. The Labute approximate surface area is 169 Å². The number of carbonyl (C=O) groups is 1. The molecule has 2 aliphatic rings. The first kappa shape index (κ1) is 18.3. The Morgan fingerprint density at radius 2 is 1.96 bits per heavy atom. The van der Waals surface area contributed by atoms with E-state index in [4.69, 9.17) is 16.3 Å². The summed E-state index contributed by atoms with van der Waals surface area (Å²) in [5, 5.41) is 6.23. The summed E-state index contributed by atoms with van der Waals surface area (Å²) in [5.41, 5.74) is 1.03. The number of benzene rings is 2. The molecule has 2 aromatic carbocycles. The normalized spacial score (nSPS) is 17.9. The van der Waals surface area contributed by atoms with Crippen molar-refractivity contribution in [3.05, 3.63) is 59.2 Å². The van der Waals surface area contributed by atoms with Gasteiger partial charge in [0.05, 0.1) is 0 Å². The van der Waals surface area contributed by atoms with Crippen LogP contribution in [0.2, 0.25) is 5.02 Å². The van der Waals surface area contributed by atoms with Crippen LogP contribution in [0.15, 0.2) is 30.3 Å². The van der Waals surface area contributed by atoms with Crippen LogP contribution in [0.25, 0.3) is 0 Å². The Morgan fingerprint density at radius 1 is 1.22 bits per heavy atom. The van der Waals surface area contributed by atoms with Gasteiger partial charge in [-0.3, -0.25) is 0 Å². The Bertz CT molecular complexity index is 933. The van der Waals surface area contributed by atoms with E-state index in [2.05, 4.69) is 32.9 Å². The molecule has 2 amide bonds. The summed E-state index contributed by atoms with van der Waals surface area (Å²) in [6, 6.07) is 7.61. The zero-order chi connectivity index (χ0) is 19.2. The van der Waals surface area contributed by atoms with Gasteiger partial charge in [-0.2, -0.15) is 0 Å². The number of amides is 2. The SMILES string of the molecule is [CH2-]c1cccc(F)c1Oc1ccc(Cl)c2c1C1(CC[C](=[Co])CC1)NC(=O)N2. The number of urea groups is 1. The van der Waals surface area contributed by atoms with Gasteiger partial charge in [0.15, 0.2) is 0 Å². The maximum absolute atomic E-state index is 14.3. The van der Waals surface area contributed by atoms with E-state index in [9.17, 15) is 9.18 Å². The van der Waals surface area contributed by atoms with Crippen molar-refractivity contribution in [2.24, 2.45) is 0 Å². The molecule has 2 N–H and O–H groups in total. The number of hydrogen-bond donors (Lipinski definition) is 2. The van der Waals surface area contributed by atoms with Gasteiger partial charge in [-0.15, -0.1) is 0 Å². The van der Waals surface area contributed by atoms with Crippen molar-refractivity contribution in [2.75, 3.05) is 5.32 Å². The number of ether oxygens (including phenoxy) is 1. The second-order valence-corrected chi connectivity index (χ2v) is 7.92. The fraction of sp³-hybridized carbons (Fsp3) is 0.250. The van der Waals surface area contributed by atoms with Crippen molar-refractivity contribution in [1.29, 1.82) is 0 Å². The molecule has 4 nitrogen and oxygen atoms in total. The predicted octanol–water partition coefficient (Wildman–Crippen LogP) is 5.08. The number of carbonyl (C=O) groups excluding carboxylic acids is 1. The van der Waals surface area contributed by atoms with Crippen LogP contribution < -0.4 is 15.4 Å². The van der Waals surface area contributed by atoms with Crippen LogP contribution in [0.3, 0.4) is 0 Å². The Balaban J connectivity index is 1.87. The first-order valence-electron chi connectivity index (χ1n) is 8.58. The summed E-state index contributed by atoms with van der Waals surface area (Å²) in [7, 11) is 0. The van der Waals surface area contributed by atoms with E-state index in [-0.39, 0.29) is 11.8 Å². The molecule has 1 spiro atoms. The minimum absolute atomic E-state index is 0.0611. The predicted molar refractivity (Wildman–Crippen MR) is 99.7 cm³/mol. The molecular formula is C20H17ClCoFN2O2-. The van der Waals surface area contributed by atoms with Crippen molar-refractivity contribution < 1.29 is 29.2 Å². The fourth-order valence-corrected chi connectivity index (χ4v) is 4.22. The van der Waals surface area contributed by atoms with Crippen LogP contribution in [0, 0.1) is 12.7 Å². The Morgan fingerprint density at radius 3 is 2.67 bits per heavy atom. The van der Waals surface area contributed by atoms with Crippen molar-refractivity contribution in [3.8, 4) is 11.5 Å². The average molecular weight is 431 g/mol. The molecule has 0 bridgehead atoms. The van der Waals surface area contributed by atoms with E-state index in [0.717, 1.165) is 22.9 Å². The first-order chi connectivity index (χ1) is 12.9. The van der Waals surface area contributed by atoms with Crippen LogP contribution in [-0.2, 0) is 20.8 Å². The molecule has 7 heteroatoms. The van der Waals surface area contributed by atoms with Gasteiger partial charge in [0, 0.05) is 0 Å². The number of hydrogen-bond acceptors (Lipinski definition) is 2. The van der Waals surface area contributed by atoms with E-state index in [0.29, 0.717) is 34.9 Å². The summed E-state index contributed by atoms with van der Waals surface area (Å²) in [4.78, 5) is 12.3. The number of anilines is 1. The van der Waals surface area contributed by atoms with Gasteiger partial charge in [-0.05, 0) is 0 Å². The molecule has 4 rings (SSSR count). The van der Waals surface area contributed by atoms with Crippen molar-refractivity contribution >= 4 is 27.8 Å². The van der Waals surface area contributed by atoms with E-state index in [1.807, 2.05) is 0 Å². The number of fused-ring (bicyclic) bond motifs is 2. The van der Waals surface area contributed by atoms with Crippen LogP contribution in [-0.4, -0.2) is 10.5 Å². The molecule has 143 valence electrons. The molecule has 1 fully saturated rings. The molecule has 0 radical (unpaired) electrons.